The molecule has 1 aliphatic carbocycles. The number of aromatic nitrogens is 2. The van der Waals surface area contributed by atoms with Gasteiger partial charge in [0, 0.05) is 32.3 Å². The zero-order valence-electron chi connectivity index (χ0n) is 11.4. The molecule has 3 heterocycles. The standard InChI is InChI=1S/C13H17N3O4/c1-8(17)14-7-12-5-13(6-12,11(18)19)10(20-12)9-3-15-16(2)4-9/h3-4,10H,5-7H2,1-2H3,(H,14,17)(H,18,19). The number of aryl methyl sites for hydroxylation is 1. The van der Waals surface area contributed by atoms with Gasteiger partial charge in [0.1, 0.15) is 11.5 Å². The third-order valence-electron chi connectivity index (χ3n) is 4.26. The molecule has 0 aromatic carbocycles. The number of hydrogen-bond acceptors (Lipinski definition) is 4. The Morgan fingerprint density at radius 3 is 2.80 bits per heavy atom. The first-order valence-electron chi connectivity index (χ1n) is 6.51. The Balaban J connectivity index is 1.85. The summed E-state index contributed by atoms with van der Waals surface area (Å²) in [6, 6.07) is 0. The van der Waals surface area contributed by atoms with Crippen LogP contribution in [0.2, 0.25) is 0 Å². The lowest BCUT2D eigenvalue weighted by atomic mass is 9.59. The summed E-state index contributed by atoms with van der Waals surface area (Å²) in [5, 5.41) is 16.3. The van der Waals surface area contributed by atoms with Gasteiger partial charge in [-0.1, -0.05) is 0 Å². The van der Waals surface area contributed by atoms with E-state index in [4.69, 9.17) is 4.74 Å². The Morgan fingerprint density at radius 1 is 1.60 bits per heavy atom. The summed E-state index contributed by atoms with van der Waals surface area (Å²) in [7, 11) is 1.78. The smallest absolute Gasteiger partial charge is 0.312 e. The fourth-order valence-electron chi connectivity index (χ4n) is 3.41. The van der Waals surface area contributed by atoms with Gasteiger partial charge >= 0.3 is 5.97 Å². The summed E-state index contributed by atoms with van der Waals surface area (Å²) in [5.41, 5.74) is -0.663. The summed E-state index contributed by atoms with van der Waals surface area (Å²) >= 11 is 0. The maximum atomic E-state index is 11.6. The van der Waals surface area contributed by atoms with Crippen molar-refractivity contribution in [3.8, 4) is 0 Å². The largest absolute Gasteiger partial charge is 0.481 e. The number of aliphatic carboxylic acids is 1. The molecule has 2 saturated heterocycles. The third kappa shape index (κ3) is 1.73. The maximum Gasteiger partial charge on any atom is 0.312 e. The molecule has 1 atom stereocenters. The summed E-state index contributed by atoms with van der Waals surface area (Å²) in [6.45, 7) is 1.79. The van der Waals surface area contributed by atoms with Gasteiger partial charge in [0.15, 0.2) is 0 Å². The number of nitrogens with zero attached hydrogens (tertiary/aromatic N) is 2. The Labute approximate surface area is 115 Å². The van der Waals surface area contributed by atoms with E-state index in [0.29, 0.717) is 19.4 Å². The van der Waals surface area contributed by atoms with Gasteiger partial charge < -0.3 is 15.2 Å². The van der Waals surface area contributed by atoms with Crippen LogP contribution in [0.25, 0.3) is 0 Å². The maximum absolute atomic E-state index is 11.6. The highest BCUT2D eigenvalue weighted by molar-refractivity contribution is 5.79. The first-order chi connectivity index (χ1) is 9.37. The van der Waals surface area contributed by atoms with Crippen molar-refractivity contribution in [3.63, 3.8) is 0 Å². The second-order valence-corrected chi connectivity index (χ2v) is 5.85. The molecule has 1 amide bonds. The monoisotopic (exact) mass is 279 g/mol. The zero-order chi connectivity index (χ0) is 14.5. The van der Waals surface area contributed by atoms with Crippen LogP contribution in [0.1, 0.15) is 31.4 Å². The van der Waals surface area contributed by atoms with Crippen molar-refractivity contribution in [2.45, 2.75) is 31.5 Å². The molecule has 1 unspecified atom stereocenters. The highest BCUT2D eigenvalue weighted by Crippen LogP contribution is 2.67. The number of rotatable bonds is 4. The molecular formula is C13H17N3O4. The topological polar surface area (TPSA) is 93.5 Å². The van der Waals surface area contributed by atoms with Crippen LogP contribution in [0.3, 0.4) is 0 Å². The number of hydrogen-bond donors (Lipinski definition) is 2. The normalized spacial score (nSPS) is 34.6. The van der Waals surface area contributed by atoms with Crippen molar-refractivity contribution in [1.29, 1.82) is 0 Å². The number of amides is 1. The lowest BCUT2D eigenvalue weighted by Gasteiger charge is -2.42. The fraction of sp³-hybridized carbons (Fsp3) is 0.615. The van der Waals surface area contributed by atoms with E-state index in [0.717, 1.165) is 5.56 Å². The van der Waals surface area contributed by atoms with E-state index in [1.165, 1.54) is 6.92 Å². The average Bonchev–Trinajstić information content (AvgIpc) is 2.95. The predicted octanol–water partition coefficient (Wildman–Crippen LogP) is 0.231. The van der Waals surface area contributed by atoms with E-state index in [-0.39, 0.29) is 5.91 Å². The van der Waals surface area contributed by atoms with Crippen LogP contribution in [0, 0.1) is 5.41 Å². The predicted molar refractivity (Wildman–Crippen MR) is 67.8 cm³/mol. The fourth-order valence-corrected chi connectivity index (χ4v) is 3.41. The minimum atomic E-state index is -0.887. The number of fused-ring (bicyclic) bond motifs is 1. The summed E-state index contributed by atoms with van der Waals surface area (Å²) in [4.78, 5) is 22.7. The van der Waals surface area contributed by atoms with Crippen molar-refractivity contribution >= 4 is 11.9 Å². The van der Waals surface area contributed by atoms with Gasteiger partial charge in [0.25, 0.3) is 0 Å². The van der Waals surface area contributed by atoms with E-state index in [1.54, 1.807) is 24.1 Å². The minimum absolute atomic E-state index is 0.138. The molecule has 2 bridgehead atoms. The average molecular weight is 279 g/mol. The first kappa shape index (κ1) is 13.1. The Morgan fingerprint density at radius 2 is 2.30 bits per heavy atom. The van der Waals surface area contributed by atoms with Crippen LogP contribution in [0.5, 0.6) is 0 Å². The van der Waals surface area contributed by atoms with Crippen LogP contribution in [-0.4, -0.2) is 38.9 Å². The molecule has 2 N–H and O–H groups in total. The van der Waals surface area contributed by atoms with E-state index < -0.39 is 23.1 Å². The minimum Gasteiger partial charge on any atom is -0.481 e. The van der Waals surface area contributed by atoms with Gasteiger partial charge in [-0.25, -0.2) is 0 Å². The molecule has 7 nitrogen and oxygen atoms in total. The third-order valence-corrected chi connectivity index (χ3v) is 4.26. The van der Waals surface area contributed by atoms with E-state index >= 15 is 0 Å². The van der Waals surface area contributed by atoms with Crippen molar-refractivity contribution < 1.29 is 19.4 Å². The second-order valence-electron chi connectivity index (χ2n) is 5.85. The van der Waals surface area contributed by atoms with E-state index in [9.17, 15) is 14.7 Å². The van der Waals surface area contributed by atoms with E-state index in [2.05, 4.69) is 10.4 Å². The van der Waals surface area contributed by atoms with Crippen molar-refractivity contribution in [3.05, 3.63) is 18.0 Å². The van der Waals surface area contributed by atoms with Crippen LogP contribution >= 0.6 is 0 Å². The summed E-state index contributed by atoms with van der Waals surface area (Å²) < 4.78 is 7.62. The molecule has 7 heteroatoms. The SMILES string of the molecule is CC(=O)NCC12CC(C(=O)O)(C1)C(c1cnn(C)c1)O2. The number of ether oxygens (including phenoxy) is 1. The van der Waals surface area contributed by atoms with Crippen LogP contribution in [-0.2, 0) is 21.4 Å². The highest BCUT2D eigenvalue weighted by Gasteiger charge is 2.72. The lowest BCUT2D eigenvalue weighted by Crippen LogP contribution is -2.54. The molecule has 2 aliphatic heterocycles. The van der Waals surface area contributed by atoms with E-state index in [1.807, 2.05) is 0 Å². The Hall–Kier alpha value is -1.89. The van der Waals surface area contributed by atoms with Crippen LogP contribution in [0.15, 0.2) is 12.4 Å². The summed E-state index contributed by atoms with van der Waals surface area (Å²) in [5.74, 6) is -0.983. The molecule has 108 valence electrons. The molecule has 4 rings (SSSR count). The Kier molecular flexibility index (Phi) is 2.66. The van der Waals surface area contributed by atoms with Gasteiger partial charge in [-0.3, -0.25) is 14.3 Å². The summed E-state index contributed by atoms with van der Waals surface area (Å²) in [6.07, 6.45) is 3.77. The number of carbonyl (C=O) groups excluding carboxylic acids is 1. The van der Waals surface area contributed by atoms with Gasteiger partial charge in [-0.05, 0) is 12.8 Å². The molecular weight excluding hydrogens is 262 g/mol. The van der Waals surface area contributed by atoms with Crippen molar-refractivity contribution in [2.24, 2.45) is 12.5 Å². The molecule has 0 spiro atoms. The second kappa shape index (κ2) is 4.05. The molecule has 1 aromatic heterocycles. The zero-order valence-corrected chi connectivity index (χ0v) is 11.4. The molecule has 3 aliphatic rings. The molecule has 3 fully saturated rings. The first-order valence-corrected chi connectivity index (χ1v) is 6.51. The van der Waals surface area contributed by atoms with Crippen LogP contribution in [0.4, 0.5) is 0 Å². The number of carboxylic acids is 1. The molecule has 1 saturated carbocycles. The highest BCUT2D eigenvalue weighted by atomic mass is 16.5. The van der Waals surface area contributed by atoms with Gasteiger partial charge in [0.05, 0.1) is 11.8 Å². The lowest BCUT2D eigenvalue weighted by molar-refractivity contribution is -0.155. The number of nitrogens with one attached hydrogen (secondary N) is 1. The molecule has 0 radical (unpaired) electrons. The number of carbonyl (C=O) groups is 2. The van der Waals surface area contributed by atoms with Crippen LogP contribution < -0.4 is 5.32 Å². The van der Waals surface area contributed by atoms with Crippen molar-refractivity contribution in [2.75, 3.05) is 6.54 Å². The number of carboxylic acid groups (broad SMARTS) is 1. The van der Waals surface area contributed by atoms with Gasteiger partial charge in [-0.2, -0.15) is 5.10 Å². The van der Waals surface area contributed by atoms with Crippen molar-refractivity contribution in [1.82, 2.24) is 15.1 Å². The van der Waals surface area contributed by atoms with Gasteiger partial charge in [0.2, 0.25) is 5.91 Å². The quantitative estimate of drug-likeness (QED) is 0.823. The Bertz CT molecular complexity index is 574. The van der Waals surface area contributed by atoms with Gasteiger partial charge in [-0.15, -0.1) is 0 Å². The molecule has 1 aromatic rings. The molecule has 20 heavy (non-hydrogen) atoms.